The van der Waals surface area contributed by atoms with Gasteiger partial charge in [-0.05, 0) is 25.0 Å². The van der Waals surface area contributed by atoms with Crippen molar-refractivity contribution in [2.45, 2.75) is 12.8 Å². The molecule has 1 unspecified atom stereocenters. The quantitative estimate of drug-likeness (QED) is 0.786. The molecule has 3 rings (SSSR count). The van der Waals surface area contributed by atoms with Gasteiger partial charge in [-0.15, -0.1) is 0 Å². The van der Waals surface area contributed by atoms with Gasteiger partial charge in [0.25, 0.3) is 0 Å². The third kappa shape index (κ3) is 4.45. The number of rotatable bonds is 3. The van der Waals surface area contributed by atoms with Crippen LogP contribution in [0.3, 0.4) is 0 Å². The number of piperidine rings is 1. The molecule has 0 saturated carbocycles. The van der Waals surface area contributed by atoms with E-state index in [1.54, 1.807) is 23.1 Å². The first kappa shape index (κ1) is 17.6. The normalized spacial score (nSPS) is 21.6. The average molecular weight is 346 g/mol. The topological polar surface area (TPSA) is 49.9 Å². The number of amides is 2. The Morgan fingerprint density at radius 1 is 1.12 bits per heavy atom. The summed E-state index contributed by atoms with van der Waals surface area (Å²) in [5.41, 5.74) is 0.383. The Kier molecular flexibility index (Phi) is 5.81. The molecule has 0 aromatic heterocycles. The van der Waals surface area contributed by atoms with Gasteiger partial charge in [-0.2, -0.15) is 0 Å². The van der Waals surface area contributed by atoms with Gasteiger partial charge in [-0.25, -0.2) is 4.39 Å². The van der Waals surface area contributed by atoms with E-state index < -0.39 is 0 Å². The van der Waals surface area contributed by atoms with E-state index in [0.717, 1.165) is 12.8 Å². The van der Waals surface area contributed by atoms with E-state index in [1.165, 1.54) is 18.2 Å². The second kappa shape index (κ2) is 8.25. The van der Waals surface area contributed by atoms with Crippen LogP contribution in [0.25, 0.3) is 6.08 Å². The van der Waals surface area contributed by atoms with Gasteiger partial charge in [0.05, 0.1) is 19.1 Å². The Labute approximate surface area is 147 Å². The van der Waals surface area contributed by atoms with Gasteiger partial charge in [0, 0.05) is 37.8 Å². The van der Waals surface area contributed by atoms with Crippen molar-refractivity contribution >= 4 is 17.9 Å². The van der Waals surface area contributed by atoms with Gasteiger partial charge in [0.1, 0.15) is 5.82 Å². The number of benzene rings is 1. The van der Waals surface area contributed by atoms with Crippen LogP contribution >= 0.6 is 0 Å². The number of carbonyl (C=O) groups excluding carboxylic acids is 2. The SMILES string of the molecule is O=C(/C=C/c1ccccc1F)N1CCCC(C(=O)N2CCOCC2)C1. The summed E-state index contributed by atoms with van der Waals surface area (Å²) in [4.78, 5) is 28.5. The third-order valence-corrected chi connectivity index (χ3v) is 4.72. The minimum absolute atomic E-state index is 0.110. The van der Waals surface area contributed by atoms with Crippen molar-refractivity contribution in [3.8, 4) is 0 Å². The lowest BCUT2D eigenvalue weighted by Gasteiger charge is -2.35. The molecule has 1 atom stereocenters. The van der Waals surface area contributed by atoms with Gasteiger partial charge < -0.3 is 14.5 Å². The minimum Gasteiger partial charge on any atom is -0.378 e. The Morgan fingerprint density at radius 2 is 1.88 bits per heavy atom. The summed E-state index contributed by atoms with van der Waals surface area (Å²) in [6.45, 7) is 3.45. The molecule has 5 nitrogen and oxygen atoms in total. The number of ether oxygens (including phenoxy) is 1. The van der Waals surface area contributed by atoms with Crippen LogP contribution in [-0.2, 0) is 14.3 Å². The van der Waals surface area contributed by atoms with E-state index in [-0.39, 0.29) is 23.5 Å². The molecule has 134 valence electrons. The zero-order valence-corrected chi connectivity index (χ0v) is 14.2. The van der Waals surface area contributed by atoms with Crippen molar-refractivity contribution in [2.75, 3.05) is 39.4 Å². The van der Waals surface area contributed by atoms with Crippen molar-refractivity contribution in [1.29, 1.82) is 0 Å². The fourth-order valence-corrected chi connectivity index (χ4v) is 3.30. The standard InChI is InChI=1S/C19H23FN2O3/c20-17-6-2-1-4-15(17)7-8-18(23)22-9-3-5-16(14-22)19(24)21-10-12-25-13-11-21/h1-2,4,6-8,16H,3,5,9-14H2/b8-7+. The van der Waals surface area contributed by atoms with Gasteiger partial charge in [0.2, 0.25) is 11.8 Å². The summed E-state index contributed by atoms with van der Waals surface area (Å²) in [5.74, 6) is -0.579. The molecular weight excluding hydrogens is 323 g/mol. The first-order chi connectivity index (χ1) is 12.1. The molecule has 2 aliphatic rings. The van der Waals surface area contributed by atoms with Crippen LogP contribution < -0.4 is 0 Å². The van der Waals surface area contributed by atoms with E-state index in [2.05, 4.69) is 0 Å². The van der Waals surface area contributed by atoms with E-state index >= 15 is 0 Å². The summed E-state index contributed by atoms with van der Waals surface area (Å²) in [6.07, 6.45) is 4.49. The molecule has 2 aliphatic heterocycles. The highest BCUT2D eigenvalue weighted by Crippen LogP contribution is 2.20. The Balaban J connectivity index is 1.59. The summed E-state index contributed by atoms with van der Waals surface area (Å²) in [7, 11) is 0. The maximum atomic E-state index is 13.6. The molecule has 0 spiro atoms. The second-order valence-corrected chi connectivity index (χ2v) is 6.42. The maximum Gasteiger partial charge on any atom is 0.246 e. The number of hydrogen-bond donors (Lipinski definition) is 0. The third-order valence-electron chi connectivity index (χ3n) is 4.72. The number of morpholine rings is 1. The van der Waals surface area contributed by atoms with Gasteiger partial charge >= 0.3 is 0 Å². The van der Waals surface area contributed by atoms with E-state index in [9.17, 15) is 14.0 Å². The molecule has 2 saturated heterocycles. The van der Waals surface area contributed by atoms with Crippen LogP contribution in [0.5, 0.6) is 0 Å². The van der Waals surface area contributed by atoms with Crippen LogP contribution in [0.4, 0.5) is 4.39 Å². The molecule has 1 aromatic carbocycles. The number of carbonyl (C=O) groups is 2. The number of nitrogens with zero attached hydrogens (tertiary/aromatic N) is 2. The van der Waals surface area contributed by atoms with Crippen LogP contribution in [0.2, 0.25) is 0 Å². The molecule has 1 aromatic rings. The Bertz CT molecular complexity index is 656. The molecule has 0 bridgehead atoms. The largest absolute Gasteiger partial charge is 0.378 e. The fourth-order valence-electron chi connectivity index (χ4n) is 3.30. The highest BCUT2D eigenvalue weighted by atomic mass is 19.1. The lowest BCUT2D eigenvalue weighted by Crippen LogP contribution is -2.49. The molecule has 0 radical (unpaired) electrons. The number of likely N-dealkylation sites (tertiary alicyclic amines) is 1. The molecule has 6 heteroatoms. The Hall–Kier alpha value is -2.21. The van der Waals surface area contributed by atoms with Crippen LogP contribution in [0, 0.1) is 11.7 Å². The van der Waals surface area contributed by atoms with E-state index in [0.29, 0.717) is 45.0 Å². The van der Waals surface area contributed by atoms with Gasteiger partial charge in [-0.3, -0.25) is 9.59 Å². The second-order valence-electron chi connectivity index (χ2n) is 6.42. The average Bonchev–Trinajstić information content (AvgIpc) is 2.67. The summed E-state index contributed by atoms with van der Waals surface area (Å²) < 4.78 is 18.9. The fraction of sp³-hybridized carbons (Fsp3) is 0.474. The van der Waals surface area contributed by atoms with E-state index in [4.69, 9.17) is 4.74 Å². The molecule has 0 N–H and O–H groups in total. The number of hydrogen-bond acceptors (Lipinski definition) is 3. The van der Waals surface area contributed by atoms with Crippen molar-refractivity contribution in [3.63, 3.8) is 0 Å². The summed E-state index contributed by atoms with van der Waals surface area (Å²) in [5, 5.41) is 0. The zero-order chi connectivity index (χ0) is 17.6. The van der Waals surface area contributed by atoms with Crippen molar-refractivity contribution in [3.05, 3.63) is 41.7 Å². The zero-order valence-electron chi connectivity index (χ0n) is 14.2. The summed E-state index contributed by atoms with van der Waals surface area (Å²) >= 11 is 0. The van der Waals surface area contributed by atoms with Crippen LogP contribution in [0.1, 0.15) is 18.4 Å². The van der Waals surface area contributed by atoms with Crippen molar-refractivity contribution < 1.29 is 18.7 Å². The molecule has 2 amide bonds. The lowest BCUT2D eigenvalue weighted by atomic mass is 9.96. The Morgan fingerprint density at radius 3 is 2.64 bits per heavy atom. The first-order valence-corrected chi connectivity index (χ1v) is 8.73. The highest BCUT2D eigenvalue weighted by Gasteiger charge is 2.31. The molecule has 25 heavy (non-hydrogen) atoms. The lowest BCUT2D eigenvalue weighted by molar-refractivity contribution is -0.143. The minimum atomic E-state index is -0.356. The van der Waals surface area contributed by atoms with Crippen LogP contribution in [-0.4, -0.2) is 61.0 Å². The monoisotopic (exact) mass is 346 g/mol. The van der Waals surface area contributed by atoms with E-state index in [1.807, 2.05) is 4.90 Å². The van der Waals surface area contributed by atoms with Gasteiger partial charge in [0.15, 0.2) is 0 Å². The highest BCUT2D eigenvalue weighted by molar-refractivity contribution is 5.92. The van der Waals surface area contributed by atoms with Crippen molar-refractivity contribution in [2.24, 2.45) is 5.92 Å². The molecule has 2 heterocycles. The molecule has 0 aliphatic carbocycles. The summed E-state index contributed by atoms with van der Waals surface area (Å²) in [6, 6.07) is 6.33. The predicted molar refractivity (Wildman–Crippen MR) is 92.1 cm³/mol. The number of halogens is 1. The predicted octanol–water partition coefficient (Wildman–Crippen LogP) is 1.94. The van der Waals surface area contributed by atoms with Crippen molar-refractivity contribution in [1.82, 2.24) is 9.80 Å². The molecular formula is C19H23FN2O3. The first-order valence-electron chi connectivity index (χ1n) is 8.73. The smallest absolute Gasteiger partial charge is 0.246 e. The molecule has 2 fully saturated rings. The maximum absolute atomic E-state index is 13.6. The van der Waals surface area contributed by atoms with Crippen LogP contribution in [0.15, 0.2) is 30.3 Å². The van der Waals surface area contributed by atoms with Gasteiger partial charge in [-0.1, -0.05) is 18.2 Å².